The maximum absolute atomic E-state index is 13.0. The van der Waals surface area contributed by atoms with E-state index in [-0.39, 0.29) is 18.2 Å². The van der Waals surface area contributed by atoms with Gasteiger partial charge in [0.2, 0.25) is 11.8 Å². The van der Waals surface area contributed by atoms with E-state index in [1.807, 2.05) is 48.1 Å². The first kappa shape index (κ1) is 20.4. The molecule has 0 saturated carbocycles. The molecule has 4 aromatic rings. The van der Waals surface area contributed by atoms with Crippen molar-refractivity contribution >= 4 is 28.5 Å². The first-order valence-electron chi connectivity index (χ1n) is 11.3. The Balaban J connectivity index is 1.30. The minimum absolute atomic E-state index is 0.172. The summed E-state index contributed by atoms with van der Waals surface area (Å²) in [6, 6.07) is 19.6. The SMILES string of the molecule is Cn1cc(-c2ccc3c(c2)CN(C2CCC(=O)NC2=O)C3=O)nc1-c1ccc2ccccc2c1. The monoisotopic (exact) mass is 450 g/mol. The zero-order chi connectivity index (χ0) is 23.4. The Labute approximate surface area is 196 Å². The normalized spacial score (nSPS) is 17.9. The lowest BCUT2D eigenvalue weighted by Gasteiger charge is -2.29. The Kier molecular flexibility index (Phi) is 4.58. The molecule has 6 rings (SSSR count). The molecule has 0 spiro atoms. The molecule has 7 nitrogen and oxygen atoms in total. The summed E-state index contributed by atoms with van der Waals surface area (Å²) in [5.74, 6) is 0.00358. The van der Waals surface area contributed by atoms with E-state index in [1.165, 1.54) is 5.39 Å². The molecule has 1 N–H and O–H groups in total. The van der Waals surface area contributed by atoms with Crippen LogP contribution in [0, 0.1) is 0 Å². The first-order valence-corrected chi connectivity index (χ1v) is 11.3. The maximum Gasteiger partial charge on any atom is 0.255 e. The van der Waals surface area contributed by atoms with Crippen LogP contribution >= 0.6 is 0 Å². The molecular weight excluding hydrogens is 428 g/mol. The third-order valence-electron chi connectivity index (χ3n) is 6.70. The molecule has 7 heteroatoms. The van der Waals surface area contributed by atoms with Crippen LogP contribution in [0.4, 0.5) is 0 Å². The molecule has 3 amide bonds. The van der Waals surface area contributed by atoms with Gasteiger partial charge in [0.15, 0.2) is 0 Å². The van der Waals surface area contributed by atoms with E-state index in [0.29, 0.717) is 18.5 Å². The molecule has 0 aliphatic carbocycles. The molecule has 2 aliphatic heterocycles. The molecule has 2 aliphatic rings. The van der Waals surface area contributed by atoms with Gasteiger partial charge in [-0.05, 0) is 41.0 Å². The van der Waals surface area contributed by atoms with Crippen LogP contribution in [-0.4, -0.2) is 38.2 Å². The number of rotatable bonds is 3. The summed E-state index contributed by atoms with van der Waals surface area (Å²) in [5.41, 5.74) is 4.23. The van der Waals surface area contributed by atoms with Crippen molar-refractivity contribution in [3.8, 4) is 22.6 Å². The van der Waals surface area contributed by atoms with Gasteiger partial charge in [-0.2, -0.15) is 0 Å². The highest BCUT2D eigenvalue weighted by Crippen LogP contribution is 2.32. The van der Waals surface area contributed by atoms with Gasteiger partial charge in [0.1, 0.15) is 11.9 Å². The minimum atomic E-state index is -0.615. The second-order valence-electron chi connectivity index (χ2n) is 8.89. The number of amides is 3. The summed E-state index contributed by atoms with van der Waals surface area (Å²) >= 11 is 0. The Hall–Kier alpha value is -4.26. The highest BCUT2D eigenvalue weighted by atomic mass is 16.2. The average molecular weight is 450 g/mol. The number of nitrogens with one attached hydrogen (secondary N) is 1. The molecule has 1 saturated heterocycles. The third-order valence-corrected chi connectivity index (χ3v) is 6.70. The summed E-state index contributed by atoms with van der Waals surface area (Å²) in [6.45, 7) is 0.346. The molecule has 34 heavy (non-hydrogen) atoms. The zero-order valence-electron chi connectivity index (χ0n) is 18.6. The summed E-state index contributed by atoms with van der Waals surface area (Å²) in [6.07, 6.45) is 2.58. The Bertz CT molecular complexity index is 1500. The Morgan fingerprint density at radius 3 is 2.56 bits per heavy atom. The number of carbonyl (C=O) groups is 3. The number of piperidine rings is 1. The Morgan fingerprint density at radius 1 is 0.941 bits per heavy atom. The van der Waals surface area contributed by atoms with Crippen LogP contribution in [0.15, 0.2) is 66.9 Å². The summed E-state index contributed by atoms with van der Waals surface area (Å²) < 4.78 is 2.01. The molecule has 168 valence electrons. The lowest BCUT2D eigenvalue weighted by Crippen LogP contribution is -2.52. The van der Waals surface area contributed by atoms with E-state index >= 15 is 0 Å². The highest BCUT2D eigenvalue weighted by molar-refractivity contribution is 6.05. The van der Waals surface area contributed by atoms with E-state index in [0.717, 1.165) is 33.6 Å². The fraction of sp³-hybridized carbons (Fsp3) is 0.185. The number of nitrogens with zero attached hydrogens (tertiary/aromatic N) is 3. The summed E-state index contributed by atoms with van der Waals surface area (Å²) in [5, 5.41) is 4.69. The number of aryl methyl sites for hydroxylation is 1. The van der Waals surface area contributed by atoms with Gasteiger partial charge in [0, 0.05) is 42.9 Å². The van der Waals surface area contributed by atoms with Gasteiger partial charge in [-0.15, -0.1) is 0 Å². The predicted molar refractivity (Wildman–Crippen MR) is 128 cm³/mol. The molecule has 3 aromatic carbocycles. The first-order chi connectivity index (χ1) is 16.5. The molecule has 1 atom stereocenters. The standard InChI is InChI=1S/C27H22N4O3/c1-30-15-22(28-25(30)19-7-6-16-4-2-3-5-17(16)12-19)18-8-9-21-20(13-18)14-31(27(21)34)23-10-11-24(32)29-26(23)33/h2-9,12-13,15,23H,10-11,14H2,1H3,(H,29,32,33). The van der Waals surface area contributed by atoms with Crippen molar-refractivity contribution in [3.63, 3.8) is 0 Å². The molecule has 3 heterocycles. The van der Waals surface area contributed by atoms with Crippen molar-refractivity contribution in [2.75, 3.05) is 0 Å². The van der Waals surface area contributed by atoms with Gasteiger partial charge >= 0.3 is 0 Å². The number of aromatic nitrogens is 2. The topological polar surface area (TPSA) is 84.3 Å². The lowest BCUT2D eigenvalue weighted by molar-refractivity contribution is -0.136. The van der Waals surface area contributed by atoms with Gasteiger partial charge in [0.25, 0.3) is 5.91 Å². The second kappa shape index (κ2) is 7.66. The van der Waals surface area contributed by atoms with Crippen molar-refractivity contribution in [2.24, 2.45) is 7.05 Å². The second-order valence-corrected chi connectivity index (χ2v) is 8.89. The van der Waals surface area contributed by atoms with Crippen LogP contribution in [0.3, 0.4) is 0 Å². The molecule has 0 bridgehead atoms. The third kappa shape index (κ3) is 3.28. The smallest absolute Gasteiger partial charge is 0.255 e. The highest BCUT2D eigenvalue weighted by Gasteiger charge is 2.39. The number of imidazole rings is 1. The van der Waals surface area contributed by atoms with Crippen LogP contribution in [0.5, 0.6) is 0 Å². The van der Waals surface area contributed by atoms with E-state index in [9.17, 15) is 14.4 Å². The molecule has 1 aromatic heterocycles. The van der Waals surface area contributed by atoms with Gasteiger partial charge < -0.3 is 9.47 Å². The summed E-state index contributed by atoms with van der Waals surface area (Å²) in [4.78, 5) is 43.2. The van der Waals surface area contributed by atoms with Crippen molar-refractivity contribution in [3.05, 3.63) is 78.0 Å². The fourth-order valence-electron chi connectivity index (χ4n) is 4.94. The average Bonchev–Trinajstić information content (AvgIpc) is 3.38. The van der Waals surface area contributed by atoms with Crippen molar-refractivity contribution in [1.82, 2.24) is 19.8 Å². The zero-order valence-corrected chi connectivity index (χ0v) is 18.6. The number of benzene rings is 3. The van der Waals surface area contributed by atoms with Crippen LogP contribution in [0.1, 0.15) is 28.8 Å². The molecule has 1 fully saturated rings. The minimum Gasteiger partial charge on any atom is -0.333 e. The van der Waals surface area contributed by atoms with E-state index < -0.39 is 11.9 Å². The maximum atomic E-state index is 13.0. The largest absolute Gasteiger partial charge is 0.333 e. The molecule has 1 unspecified atom stereocenters. The van der Waals surface area contributed by atoms with Crippen LogP contribution in [0.2, 0.25) is 0 Å². The van der Waals surface area contributed by atoms with Gasteiger partial charge in [-0.3, -0.25) is 19.7 Å². The summed E-state index contributed by atoms with van der Waals surface area (Å²) in [7, 11) is 1.97. The van der Waals surface area contributed by atoms with E-state index in [1.54, 1.807) is 4.90 Å². The number of hydrogen-bond acceptors (Lipinski definition) is 4. The van der Waals surface area contributed by atoms with Crippen LogP contribution in [-0.2, 0) is 23.2 Å². The number of fused-ring (bicyclic) bond motifs is 2. The molecular formula is C27H22N4O3. The fourth-order valence-corrected chi connectivity index (χ4v) is 4.94. The Morgan fingerprint density at radius 2 is 1.74 bits per heavy atom. The van der Waals surface area contributed by atoms with E-state index in [4.69, 9.17) is 4.98 Å². The number of imide groups is 1. The predicted octanol–water partition coefficient (Wildman–Crippen LogP) is 3.67. The van der Waals surface area contributed by atoms with Crippen molar-refractivity contribution in [1.29, 1.82) is 0 Å². The van der Waals surface area contributed by atoms with Crippen molar-refractivity contribution < 1.29 is 14.4 Å². The van der Waals surface area contributed by atoms with Crippen molar-refractivity contribution in [2.45, 2.75) is 25.4 Å². The van der Waals surface area contributed by atoms with Crippen LogP contribution < -0.4 is 5.32 Å². The van der Waals surface area contributed by atoms with Gasteiger partial charge in [-0.25, -0.2) is 4.98 Å². The number of carbonyl (C=O) groups excluding carboxylic acids is 3. The van der Waals surface area contributed by atoms with Gasteiger partial charge in [0.05, 0.1) is 5.69 Å². The lowest BCUT2D eigenvalue weighted by atomic mass is 10.0. The quantitative estimate of drug-likeness (QED) is 0.483. The van der Waals surface area contributed by atoms with E-state index in [2.05, 4.69) is 35.6 Å². The molecule has 0 radical (unpaired) electrons. The number of hydrogen-bond donors (Lipinski definition) is 1. The van der Waals surface area contributed by atoms with Gasteiger partial charge in [-0.1, -0.05) is 42.5 Å². The van der Waals surface area contributed by atoms with Crippen LogP contribution in [0.25, 0.3) is 33.4 Å².